The topological polar surface area (TPSA) is 74.6 Å². The van der Waals surface area contributed by atoms with Gasteiger partial charge in [-0.25, -0.2) is 4.39 Å². The number of nitrogens with one attached hydrogen (secondary N) is 1. The number of nitrogens with zero attached hydrogens (tertiary/aromatic N) is 2. The highest BCUT2D eigenvalue weighted by atomic mass is 19.1. The highest BCUT2D eigenvalue weighted by Gasteiger charge is 2.42. The number of aromatic nitrogens is 1. The van der Waals surface area contributed by atoms with Gasteiger partial charge in [-0.3, -0.25) is 9.59 Å². The number of fused-ring (bicyclic) bond motifs is 2. The average molecular weight is 383 g/mol. The van der Waals surface area contributed by atoms with Crippen LogP contribution in [0.5, 0.6) is 0 Å². The minimum Gasteiger partial charge on any atom is -0.481 e. The number of anilines is 1. The van der Waals surface area contributed by atoms with Crippen molar-refractivity contribution in [3.05, 3.63) is 41.5 Å². The summed E-state index contributed by atoms with van der Waals surface area (Å²) >= 11 is 0. The molecule has 1 aromatic heterocycles. The second kappa shape index (κ2) is 6.17. The van der Waals surface area contributed by atoms with Gasteiger partial charge in [-0.15, -0.1) is 0 Å². The summed E-state index contributed by atoms with van der Waals surface area (Å²) in [5, 5.41) is 12.8. The van der Waals surface area contributed by atoms with Crippen LogP contribution in [0.25, 0.3) is 11.1 Å². The highest BCUT2D eigenvalue weighted by molar-refractivity contribution is 6.13. The van der Waals surface area contributed by atoms with Crippen LogP contribution in [-0.2, 0) is 17.9 Å². The molecule has 3 aliphatic rings. The van der Waals surface area contributed by atoms with Gasteiger partial charge in [-0.2, -0.15) is 0 Å². The smallest absolute Gasteiger partial charge is 0.316 e. The van der Waals surface area contributed by atoms with Crippen molar-refractivity contribution >= 4 is 17.4 Å². The molecule has 0 amide bonds. The molecule has 2 N–H and O–H groups in total. The van der Waals surface area contributed by atoms with Crippen LogP contribution in [0.15, 0.2) is 24.4 Å². The lowest BCUT2D eigenvalue weighted by Gasteiger charge is -2.34. The maximum Gasteiger partial charge on any atom is 0.316 e. The number of hydrogen-bond donors (Lipinski definition) is 2. The van der Waals surface area contributed by atoms with Crippen molar-refractivity contribution in [2.75, 3.05) is 11.4 Å². The molecule has 146 valence electrons. The number of carboxylic acid groups (broad SMARTS) is 1. The third-order valence-corrected chi connectivity index (χ3v) is 6.04. The molecule has 2 aliphatic heterocycles. The van der Waals surface area contributed by atoms with E-state index in [1.807, 2.05) is 17.2 Å². The second-order valence-corrected chi connectivity index (χ2v) is 8.14. The number of carbonyl (C=O) groups is 2. The van der Waals surface area contributed by atoms with Gasteiger partial charge in [0.2, 0.25) is 0 Å². The lowest BCUT2D eigenvalue weighted by atomic mass is 9.89. The van der Waals surface area contributed by atoms with E-state index >= 15 is 4.39 Å². The molecule has 0 radical (unpaired) electrons. The maximum atomic E-state index is 15.0. The first-order valence-electron chi connectivity index (χ1n) is 9.72. The van der Waals surface area contributed by atoms with Gasteiger partial charge in [0.1, 0.15) is 11.7 Å². The van der Waals surface area contributed by atoms with Crippen LogP contribution in [0.2, 0.25) is 0 Å². The molecule has 5 rings (SSSR count). The average Bonchev–Trinajstić information content (AvgIpc) is 3.41. The largest absolute Gasteiger partial charge is 0.481 e. The third kappa shape index (κ3) is 2.73. The number of hydrogen-bond acceptors (Lipinski definition) is 4. The minimum atomic E-state index is -1.15. The summed E-state index contributed by atoms with van der Waals surface area (Å²) in [5.41, 5.74) is 3.20. The number of aliphatic carboxylic acids is 1. The van der Waals surface area contributed by atoms with Crippen LogP contribution in [0.4, 0.5) is 10.1 Å². The van der Waals surface area contributed by atoms with Crippen molar-refractivity contribution in [1.82, 2.24) is 9.88 Å². The standard InChI is InChI=1S/C21H22FN3O3/c1-11-8-24-9-12(4-14(24)7-23-11)15-6-19-16(5-18(15)22)20(26)17(21(27)28)10-25(19)13-2-3-13/h4-6,9,11,13,17,23H,2-3,7-8,10H2,1H3,(H,27,28)/t11-,17?/m0/s1. The summed E-state index contributed by atoms with van der Waals surface area (Å²) in [6.07, 6.45) is 3.90. The quantitative estimate of drug-likeness (QED) is 0.797. The molecule has 1 unspecified atom stereocenters. The molecular formula is C21H22FN3O3. The number of rotatable bonds is 3. The Morgan fingerprint density at radius 2 is 2.00 bits per heavy atom. The molecule has 28 heavy (non-hydrogen) atoms. The van der Waals surface area contributed by atoms with Crippen LogP contribution in [0.3, 0.4) is 0 Å². The Hall–Kier alpha value is -2.67. The van der Waals surface area contributed by atoms with Gasteiger partial charge in [0.15, 0.2) is 5.78 Å². The first kappa shape index (κ1) is 17.4. The van der Waals surface area contributed by atoms with E-state index < -0.39 is 23.5 Å². The van der Waals surface area contributed by atoms with Crippen molar-refractivity contribution in [2.45, 2.75) is 44.9 Å². The summed E-state index contributed by atoms with van der Waals surface area (Å²) in [5.74, 6) is -3.27. The van der Waals surface area contributed by atoms with Crippen LogP contribution in [-0.4, -0.2) is 40.1 Å². The van der Waals surface area contributed by atoms with Gasteiger partial charge in [0.25, 0.3) is 0 Å². The number of halogens is 1. The van der Waals surface area contributed by atoms with Crippen LogP contribution in [0.1, 0.15) is 35.8 Å². The predicted molar refractivity (Wildman–Crippen MR) is 102 cm³/mol. The first-order chi connectivity index (χ1) is 13.4. The van der Waals surface area contributed by atoms with Crippen molar-refractivity contribution < 1.29 is 19.1 Å². The molecule has 2 atom stereocenters. The molecule has 0 saturated heterocycles. The molecule has 0 spiro atoms. The third-order valence-electron chi connectivity index (χ3n) is 6.04. The zero-order valence-corrected chi connectivity index (χ0v) is 15.6. The summed E-state index contributed by atoms with van der Waals surface area (Å²) in [7, 11) is 0. The first-order valence-corrected chi connectivity index (χ1v) is 9.72. The van der Waals surface area contributed by atoms with Crippen molar-refractivity contribution in [2.24, 2.45) is 5.92 Å². The molecule has 1 fully saturated rings. The summed E-state index contributed by atoms with van der Waals surface area (Å²) in [6, 6.07) is 5.54. The molecule has 1 saturated carbocycles. The fourth-order valence-electron chi connectivity index (χ4n) is 4.36. The Balaban J connectivity index is 1.60. The van der Waals surface area contributed by atoms with Crippen molar-refractivity contribution in [3.63, 3.8) is 0 Å². The van der Waals surface area contributed by atoms with E-state index in [0.717, 1.165) is 37.2 Å². The van der Waals surface area contributed by atoms with Crippen LogP contribution >= 0.6 is 0 Å². The molecule has 6 nitrogen and oxygen atoms in total. The Morgan fingerprint density at radius 1 is 1.21 bits per heavy atom. The van der Waals surface area contributed by atoms with Gasteiger partial charge >= 0.3 is 5.97 Å². The zero-order chi connectivity index (χ0) is 19.6. The van der Waals surface area contributed by atoms with E-state index in [4.69, 9.17) is 0 Å². The van der Waals surface area contributed by atoms with Gasteiger partial charge in [-0.1, -0.05) is 0 Å². The monoisotopic (exact) mass is 383 g/mol. The lowest BCUT2D eigenvalue weighted by molar-refractivity contribution is -0.139. The Labute approximate surface area is 161 Å². The molecule has 3 heterocycles. The number of ketones is 1. The fourth-order valence-corrected chi connectivity index (χ4v) is 4.36. The van der Waals surface area contributed by atoms with Gasteiger partial charge in [-0.05, 0) is 38.0 Å². The number of carbonyl (C=O) groups excluding carboxylic acids is 1. The SMILES string of the molecule is C[C@H]1Cn2cc(-c3cc4c(cc3F)C(=O)C(C(=O)O)CN4C3CC3)cc2CN1. The Bertz CT molecular complexity index is 995. The van der Waals surface area contributed by atoms with Gasteiger partial charge < -0.3 is 19.9 Å². The number of Topliss-reactive ketones (excluding diaryl/α,β-unsaturated/α-hetero) is 1. The van der Waals surface area contributed by atoms with Crippen LogP contribution in [0, 0.1) is 11.7 Å². The molecule has 1 aromatic carbocycles. The van der Waals surface area contributed by atoms with Crippen molar-refractivity contribution in [1.29, 1.82) is 0 Å². The summed E-state index contributed by atoms with van der Waals surface area (Å²) in [4.78, 5) is 26.2. The minimum absolute atomic E-state index is 0.157. The molecule has 2 aromatic rings. The predicted octanol–water partition coefficient (Wildman–Crippen LogP) is 2.65. The van der Waals surface area contributed by atoms with E-state index in [1.165, 1.54) is 6.07 Å². The molecule has 7 heteroatoms. The second-order valence-electron chi connectivity index (χ2n) is 8.14. The van der Waals surface area contributed by atoms with E-state index in [-0.39, 0.29) is 18.2 Å². The number of benzene rings is 1. The van der Waals surface area contributed by atoms with E-state index in [9.17, 15) is 14.7 Å². The Kier molecular flexibility index (Phi) is 3.84. The lowest BCUT2D eigenvalue weighted by Crippen LogP contribution is -2.44. The van der Waals surface area contributed by atoms with Crippen LogP contribution < -0.4 is 10.2 Å². The maximum absolute atomic E-state index is 15.0. The van der Waals surface area contributed by atoms with Gasteiger partial charge in [0.05, 0.1) is 0 Å². The van der Waals surface area contributed by atoms with Crippen molar-refractivity contribution in [3.8, 4) is 11.1 Å². The fraction of sp³-hybridized carbons (Fsp3) is 0.429. The molecule has 0 bridgehead atoms. The van der Waals surface area contributed by atoms with E-state index in [2.05, 4.69) is 16.8 Å². The number of carboxylic acids is 1. The molecule has 1 aliphatic carbocycles. The highest BCUT2D eigenvalue weighted by Crippen LogP contribution is 2.41. The molecular weight excluding hydrogens is 361 g/mol. The Morgan fingerprint density at radius 3 is 2.71 bits per heavy atom. The normalized spacial score (nSPS) is 24.1. The summed E-state index contributed by atoms with van der Waals surface area (Å²) < 4.78 is 17.1. The van der Waals surface area contributed by atoms with E-state index in [0.29, 0.717) is 17.3 Å². The van der Waals surface area contributed by atoms with Gasteiger partial charge in [0, 0.05) is 66.0 Å². The zero-order valence-electron chi connectivity index (χ0n) is 15.6. The summed E-state index contributed by atoms with van der Waals surface area (Å²) in [6.45, 7) is 3.83. The van der Waals surface area contributed by atoms with E-state index in [1.54, 1.807) is 6.07 Å².